The Bertz CT molecular complexity index is 133. The van der Waals surface area contributed by atoms with Gasteiger partial charge in [-0.05, 0) is 0 Å². The summed E-state index contributed by atoms with van der Waals surface area (Å²) in [4.78, 5) is 9.60. The molecule has 0 radical (unpaired) electrons. The van der Waals surface area contributed by atoms with Gasteiger partial charge in [0, 0.05) is 0 Å². The molecule has 0 saturated carbocycles. The molecule has 0 aliphatic carbocycles. The molecule has 0 spiro atoms. The lowest BCUT2D eigenvalue weighted by molar-refractivity contribution is -0.352. The molecule has 1 amide bonds. The minimum atomic E-state index is -5.17. The van der Waals surface area contributed by atoms with Crippen LogP contribution < -0.4 is 5.73 Å². The molecule has 0 aromatic rings. The summed E-state index contributed by atoms with van der Waals surface area (Å²) in [5.41, 5.74) is 4.10. The second-order valence-electron chi connectivity index (χ2n) is 1.28. The van der Waals surface area contributed by atoms with Gasteiger partial charge in [-0.3, -0.25) is 4.79 Å². The average Bonchev–Trinajstić information content (AvgIpc) is 1.60. The van der Waals surface area contributed by atoms with Gasteiger partial charge in [0.2, 0.25) is 0 Å². The third-order valence-corrected chi connectivity index (χ3v) is 0.461. The van der Waals surface area contributed by atoms with Gasteiger partial charge in [0.15, 0.2) is 0 Å². The Labute approximate surface area is 52.7 Å². The number of carbonyl (C=O) groups excluding carboxylic acids is 1. The highest BCUT2D eigenvalue weighted by Gasteiger charge is 2.35. The minimum Gasteiger partial charge on any atom is -0.365 e. The largest absolute Gasteiger partial charge is 0.525 e. The fourth-order valence-corrected chi connectivity index (χ4v) is 0.175. The number of alkyl halides is 4. The molecular weight excluding hydrogens is 158 g/mol. The number of hydrogen-bond donors (Lipinski definition) is 1. The van der Waals surface area contributed by atoms with Crippen LogP contribution in [0.4, 0.5) is 17.6 Å². The Morgan fingerprint density at radius 1 is 1.50 bits per heavy atom. The highest BCUT2D eigenvalue weighted by Crippen LogP contribution is 2.18. The summed E-state index contributed by atoms with van der Waals surface area (Å²) in [5, 5.41) is 0. The molecule has 0 aromatic heterocycles. The molecule has 10 heavy (non-hydrogen) atoms. The number of nitrogens with two attached hydrogens (primary N) is 1. The van der Waals surface area contributed by atoms with Crippen LogP contribution in [0.3, 0.4) is 0 Å². The lowest BCUT2D eigenvalue weighted by atomic mass is 10.6. The summed E-state index contributed by atoms with van der Waals surface area (Å²) in [6.07, 6.45) is -8.30. The minimum absolute atomic E-state index is 1.81. The molecule has 60 valence electrons. The lowest BCUT2D eigenvalue weighted by Gasteiger charge is -2.07. The number of rotatable bonds is 2. The van der Waals surface area contributed by atoms with E-state index >= 15 is 0 Å². The summed E-state index contributed by atoms with van der Waals surface area (Å²) >= 11 is 0. The Balaban J connectivity index is 3.80. The second kappa shape index (κ2) is 2.82. The van der Waals surface area contributed by atoms with E-state index < -0.39 is 18.6 Å². The molecular formula is C3H3F4NO2. The number of halogens is 4. The van der Waals surface area contributed by atoms with Crippen molar-refractivity contribution >= 4 is 5.91 Å². The molecule has 0 aromatic carbocycles. The van der Waals surface area contributed by atoms with Crippen molar-refractivity contribution in [2.75, 3.05) is 0 Å². The van der Waals surface area contributed by atoms with Gasteiger partial charge in [-0.15, -0.1) is 13.2 Å². The van der Waals surface area contributed by atoms with Gasteiger partial charge in [0.25, 0.3) is 12.3 Å². The smallest absolute Gasteiger partial charge is 0.365 e. The molecule has 0 bridgehead atoms. The van der Waals surface area contributed by atoms with Crippen molar-refractivity contribution in [1.82, 2.24) is 0 Å². The van der Waals surface area contributed by atoms with Gasteiger partial charge in [0.05, 0.1) is 0 Å². The van der Waals surface area contributed by atoms with Crippen LogP contribution in [0, 0.1) is 0 Å². The Morgan fingerprint density at radius 2 is 1.90 bits per heavy atom. The van der Waals surface area contributed by atoms with E-state index in [-0.39, 0.29) is 0 Å². The number of amides is 1. The Hall–Kier alpha value is -0.850. The Kier molecular flexibility index (Phi) is 2.58. The monoisotopic (exact) mass is 161 g/mol. The van der Waals surface area contributed by atoms with Crippen LogP contribution in [0.15, 0.2) is 0 Å². The second-order valence-corrected chi connectivity index (χ2v) is 1.28. The van der Waals surface area contributed by atoms with E-state index in [4.69, 9.17) is 0 Å². The van der Waals surface area contributed by atoms with Crippen molar-refractivity contribution in [1.29, 1.82) is 0 Å². The van der Waals surface area contributed by atoms with E-state index in [1.54, 1.807) is 0 Å². The molecule has 3 nitrogen and oxygen atoms in total. The fourth-order valence-electron chi connectivity index (χ4n) is 0.175. The van der Waals surface area contributed by atoms with E-state index in [9.17, 15) is 22.4 Å². The first kappa shape index (κ1) is 9.15. The van der Waals surface area contributed by atoms with Crippen LogP contribution in [0.5, 0.6) is 0 Å². The molecule has 0 aliphatic rings. The number of hydrogen-bond acceptors (Lipinski definition) is 2. The molecule has 0 aliphatic heterocycles. The summed E-state index contributed by atoms with van der Waals surface area (Å²) in [6.45, 7) is 0. The van der Waals surface area contributed by atoms with Crippen molar-refractivity contribution in [3.63, 3.8) is 0 Å². The standard InChI is InChI=1S/C3H3F4NO2/c4-1(2(8)9)10-3(5,6)7/h1H,(H2,8,9). The van der Waals surface area contributed by atoms with Gasteiger partial charge in [-0.2, -0.15) is 0 Å². The number of ether oxygens (including phenoxy) is 1. The highest BCUT2D eigenvalue weighted by molar-refractivity contribution is 5.77. The van der Waals surface area contributed by atoms with Crippen LogP contribution in [0.25, 0.3) is 0 Å². The third kappa shape index (κ3) is 4.07. The van der Waals surface area contributed by atoms with Crippen LogP contribution in [-0.2, 0) is 9.53 Å². The topological polar surface area (TPSA) is 52.3 Å². The van der Waals surface area contributed by atoms with Crippen molar-refractivity contribution in [3.8, 4) is 0 Å². The van der Waals surface area contributed by atoms with E-state index in [2.05, 4.69) is 10.5 Å². The van der Waals surface area contributed by atoms with Gasteiger partial charge in [0.1, 0.15) is 0 Å². The third-order valence-electron chi connectivity index (χ3n) is 0.461. The van der Waals surface area contributed by atoms with Gasteiger partial charge >= 0.3 is 6.36 Å². The summed E-state index contributed by atoms with van der Waals surface area (Å²) < 4.78 is 47.2. The molecule has 1 unspecified atom stereocenters. The van der Waals surface area contributed by atoms with Crippen molar-refractivity contribution < 1.29 is 27.1 Å². The SMILES string of the molecule is NC(=O)C(F)OC(F)(F)F. The molecule has 0 heterocycles. The molecule has 0 rings (SSSR count). The molecule has 1 atom stereocenters. The van der Waals surface area contributed by atoms with Gasteiger partial charge in [-0.25, -0.2) is 9.13 Å². The average molecular weight is 161 g/mol. The van der Waals surface area contributed by atoms with Crippen LogP contribution in [0.1, 0.15) is 0 Å². The first-order chi connectivity index (χ1) is 4.33. The Morgan fingerprint density at radius 3 is 2.00 bits per heavy atom. The van der Waals surface area contributed by atoms with Crippen molar-refractivity contribution in [2.24, 2.45) is 5.73 Å². The molecule has 2 N–H and O–H groups in total. The van der Waals surface area contributed by atoms with Crippen LogP contribution >= 0.6 is 0 Å². The zero-order valence-corrected chi connectivity index (χ0v) is 4.48. The lowest BCUT2D eigenvalue weighted by Crippen LogP contribution is -2.32. The predicted octanol–water partition coefficient (Wildman–Crippen LogP) is 0.304. The quantitative estimate of drug-likeness (QED) is 0.592. The molecule has 7 heteroatoms. The van der Waals surface area contributed by atoms with E-state index in [1.165, 1.54) is 0 Å². The highest BCUT2D eigenvalue weighted by atomic mass is 19.4. The number of primary amides is 1. The molecule has 0 saturated heterocycles. The van der Waals surface area contributed by atoms with Crippen LogP contribution in [-0.4, -0.2) is 18.6 Å². The van der Waals surface area contributed by atoms with Gasteiger partial charge < -0.3 is 5.73 Å². The van der Waals surface area contributed by atoms with Crippen molar-refractivity contribution in [3.05, 3.63) is 0 Å². The summed E-state index contributed by atoms with van der Waals surface area (Å²) in [6, 6.07) is 0. The maximum atomic E-state index is 11.6. The predicted molar refractivity (Wildman–Crippen MR) is 21.2 cm³/mol. The number of carbonyl (C=O) groups is 1. The van der Waals surface area contributed by atoms with Crippen LogP contribution in [0.2, 0.25) is 0 Å². The van der Waals surface area contributed by atoms with E-state index in [0.717, 1.165) is 0 Å². The zero-order chi connectivity index (χ0) is 8.36. The normalized spacial score (nSPS) is 14.8. The summed E-state index contributed by atoms with van der Waals surface area (Å²) in [5.74, 6) is -1.81. The maximum absolute atomic E-state index is 11.6. The molecule has 0 fully saturated rings. The first-order valence-electron chi connectivity index (χ1n) is 2.01. The maximum Gasteiger partial charge on any atom is 0.525 e. The van der Waals surface area contributed by atoms with Crippen molar-refractivity contribution in [2.45, 2.75) is 12.7 Å². The van der Waals surface area contributed by atoms with E-state index in [0.29, 0.717) is 0 Å². The first-order valence-corrected chi connectivity index (χ1v) is 2.01. The van der Waals surface area contributed by atoms with Gasteiger partial charge in [-0.1, -0.05) is 0 Å². The van der Waals surface area contributed by atoms with E-state index in [1.807, 2.05) is 0 Å². The fraction of sp³-hybridized carbons (Fsp3) is 0.667. The summed E-state index contributed by atoms with van der Waals surface area (Å²) in [7, 11) is 0. The zero-order valence-electron chi connectivity index (χ0n) is 4.48.